The quantitative estimate of drug-likeness (QED) is 0.439. The molecule has 0 aliphatic heterocycles. The highest BCUT2D eigenvalue weighted by molar-refractivity contribution is 6.83. The summed E-state index contributed by atoms with van der Waals surface area (Å²) < 4.78 is 0. The fourth-order valence-corrected chi connectivity index (χ4v) is 3.66. The Morgan fingerprint density at radius 2 is 1.33 bits per heavy atom. The van der Waals surface area contributed by atoms with Crippen LogP contribution in [0.4, 0.5) is 0 Å². The summed E-state index contributed by atoms with van der Waals surface area (Å²) in [7, 11) is -1.25. The van der Waals surface area contributed by atoms with Crippen LogP contribution in [0.25, 0.3) is 0 Å². The first-order chi connectivity index (χ1) is 5.06. The van der Waals surface area contributed by atoms with Gasteiger partial charge in [0.2, 0.25) is 0 Å². The Bertz CT molecular complexity index is 170. The normalized spacial score (nSPS) is 14.6. The van der Waals surface area contributed by atoms with Gasteiger partial charge in [0.1, 0.15) is 0 Å². The molecule has 0 aromatic rings. The summed E-state index contributed by atoms with van der Waals surface area (Å²) >= 11 is 0. The highest BCUT2D eigenvalue weighted by Gasteiger charge is 2.45. The molecule has 0 rings (SSSR count). The second-order valence-corrected chi connectivity index (χ2v) is 11.8. The molecule has 0 amide bonds. The lowest BCUT2D eigenvalue weighted by atomic mass is 10.2. The summed E-state index contributed by atoms with van der Waals surface area (Å²) in [5.41, 5.74) is 0. The number of hydrogen-bond donors (Lipinski definition) is 0. The summed E-state index contributed by atoms with van der Waals surface area (Å²) in [6.45, 7) is 20.5. The lowest BCUT2D eigenvalue weighted by Gasteiger charge is -2.47. The van der Waals surface area contributed by atoms with Crippen LogP contribution in [0.1, 0.15) is 34.6 Å². The van der Waals surface area contributed by atoms with Gasteiger partial charge in [-0.2, -0.15) is 0 Å². The van der Waals surface area contributed by atoms with Crippen LogP contribution >= 0.6 is 0 Å². The van der Waals surface area contributed by atoms with Gasteiger partial charge in [-0.05, 0) is 10.1 Å². The van der Waals surface area contributed by atoms with Gasteiger partial charge in [0, 0.05) is 0 Å². The fourth-order valence-electron chi connectivity index (χ4n) is 1.22. The van der Waals surface area contributed by atoms with E-state index in [2.05, 4.69) is 60.4 Å². The van der Waals surface area contributed by atoms with Crippen molar-refractivity contribution in [3.63, 3.8) is 0 Å². The van der Waals surface area contributed by atoms with Crippen LogP contribution in [0.5, 0.6) is 0 Å². The molecule has 0 fully saturated rings. The van der Waals surface area contributed by atoms with Crippen molar-refractivity contribution < 1.29 is 0 Å². The maximum Gasteiger partial charge on any atom is 0.0625 e. The smallest absolute Gasteiger partial charge is 0.0625 e. The minimum Gasteiger partial charge on any atom is -0.103 e. The van der Waals surface area contributed by atoms with E-state index in [4.69, 9.17) is 0 Å². The van der Waals surface area contributed by atoms with E-state index in [1.165, 1.54) is 0 Å². The van der Waals surface area contributed by atoms with Crippen molar-refractivity contribution >= 4 is 8.07 Å². The van der Waals surface area contributed by atoms with Gasteiger partial charge in [-0.3, -0.25) is 0 Å². The molecule has 0 aromatic heterocycles. The molecule has 0 atom stereocenters. The van der Waals surface area contributed by atoms with Crippen LogP contribution < -0.4 is 0 Å². The summed E-state index contributed by atoms with van der Waals surface area (Å²) in [6.07, 6.45) is 2.13. The minimum absolute atomic E-state index is 0.325. The van der Waals surface area contributed by atoms with E-state index in [9.17, 15) is 0 Å². The van der Waals surface area contributed by atoms with Crippen molar-refractivity contribution in [2.75, 3.05) is 0 Å². The van der Waals surface area contributed by atoms with Crippen molar-refractivity contribution in [2.45, 2.75) is 57.8 Å². The average molecular weight is 184 g/mol. The van der Waals surface area contributed by atoms with Crippen LogP contribution in [-0.4, -0.2) is 8.07 Å². The van der Waals surface area contributed by atoms with Crippen molar-refractivity contribution in [3.8, 4) is 0 Å². The second kappa shape index (κ2) is 3.02. The molecule has 72 valence electrons. The Morgan fingerprint density at radius 3 is 1.42 bits per heavy atom. The zero-order valence-electron chi connectivity index (χ0n) is 9.78. The Kier molecular flexibility index (Phi) is 3.01. The van der Waals surface area contributed by atoms with Gasteiger partial charge < -0.3 is 0 Å². The SMILES string of the molecule is C=CC(C)(C)[Si](C)(C)C(C)(C)C. The zero-order valence-corrected chi connectivity index (χ0v) is 10.8. The second-order valence-electron chi connectivity index (χ2n) is 5.80. The van der Waals surface area contributed by atoms with E-state index in [-0.39, 0.29) is 0 Å². The third-order valence-electron chi connectivity index (χ3n) is 4.00. The Balaban J connectivity index is 4.97. The molecule has 0 radical (unpaired) electrons. The summed E-state index contributed by atoms with van der Waals surface area (Å²) in [5.74, 6) is 0. The van der Waals surface area contributed by atoms with Gasteiger partial charge in [-0.1, -0.05) is 53.8 Å². The van der Waals surface area contributed by atoms with Gasteiger partial charge >= 0.3 is 0 Å². The number of allylic oxidation sites excluding steroid dienone is 1. The van der Waals surface area contributed by atoms with Crippen LogP contribution in [0.3, 0.4) is 0 Å². The molecule has 0 bridgehead atoms. The number of rotatable bonds is 2. The fraction of sp³-hybridized carbons (Fsp3) is 0.818. The van der Waals surface area contributed by atoms with Crippen molar-refractivity contribution in [2.24, 2.45) is 0 Å². The van der Waals surface area contributed by atoms with E-state index in [0.29, 0.717) is 10.1 Å². The van der Waals surface area contributed by atoms with E-state index >= 15 is 0 Å². The topological polar surface area (TPSA) is 0 Å². The third kappa shape index (κ3) is 1.82. The first-order valence-corrected chi connectivity index (χ1v) is 7.70. The molecule has 0 aliphatic rings. The molecule has 1 heteroatoms. The first kappa shape index (κ1) is 12.0. The predicted molar refractivity (Wildman–Crippen MR) is 61.4 cm³/mol. The maximum absolute atomic E-state index is 3.95. The highest BCUT2D eigenvalue weighted by atomic mass is 28.3. The monoisotopic (exact) mass is 184 g/mol. The lowest BCUT2D eigenvalue weighted by Crippen LogP contribution is -2.46. The van der Waals surface area contributed by atoms with Crippen molar-refractivity contribution in [1.82, 2.24) is 0 Å². The summed E-state index contributed by atoms with van der Waals surface area (Å²) in [6, 6.07) is 0. The van der Waals surface area contributed by atoms with E-state index in [0.717, 1.165) is 0 Å². The van der Waals surface area contributed by atoms with Crippen LogP contribution in [0, 0.1) is 0 Å². The van der Waals surface area contributed by atoms with E-state index in [1.807, 2.05) is 0 Å². The standard InChI is InChI=1S/C11H24Si/c1-9-11(5,6)12(7,8)10(2,3)4/h9H,1H2,2-8H3. The molecule has 12 heavy (non-hydrogen) atoms. The molecular weight excluding hydrogens is 160 g/mol. The number of hydrogen-bond acceptors (Lipinski definition) is 0. The first-order valence-electron chi connectivity index (χ1n) is 4.70. The summed E-state index contributed by atoms with van der Waals surface area (Å²) in [4.78, 5) is 0. The van der Waals surface area contributed by atoms with Crippen LogP contribution in [-0.2, 0) is 0 Å². The van der Waals surface area contributed by atoms with Gasteiger partial charge in [-0.15, -0.1) is 6.58 Å². The zero-order chi connectivity index (χ0) is 10.2. The Hall–Kier alpha value is -0.0431. The molecular formula is C11H24Si. The molecule has 0 heterocycles. The van der Waals surface area contributed by atoms with Gasteiger partial charge in [0.25, 0.3) is 0 Å². The largest absolute Gasteiger partial charge is 0.103 e. The minimum atomic E-state index is -1.25. The molecule has 0 saturated carbocycles. The molecule has 0 aliphatic carbocycles. The lowest BCUT2D eigenvalue weighted by molar-refractivity contribution is 0.656. The van der Waals surface area contributed by atoms with Gasteiger partial charge in [0.05, 0.1) is 8.07 Å². The molecule has 0 saturated heterocycles. The molecule has 0 aromatic carbocycles. The van der Waals surface area contributed by atoms with Gasteiger partial charge in [0.15, 0.2) is 0 Å². The van der Waals surface area contributed by atoms with E-state index in [1.54, 1.807) is 0 Å². The van der Waals surface area contributed by atoms with Gasteiger partial charge in [-0.25, -0.2) is 0 Å². The molecule has 0 N–H and O–H groups in total. The maximum atomic E-state index is 3.95. The average Bonchev–Trinajstić information content (AvgIpc) is 1.85. The van der Waals surface area contributed by atoms with Crippen molar-refractivity contribution in [3.05, 3.63) is 12.7 Å². The summed E-state index contributed by atoms with van der Waals surface area (Å²) in [5, 5.41) is 0.774. The molecule has 0 unspecified atom stereocenters. The van der Waals surface area contributed by atoms with Crippen LogP contribution in [0.2, 0.25) is 23.2 Å². The van der Waals surface area contributed by atoms with Crippen LogP contribution in [0.15, 0.2) is 12.7 Å². The highest BCUT2D eigenvalue weighted by Crippen LogP contribution is 2.51. The Labute approximate surface area is 79.1 Å². The predicted octanol–water partition coefficient (Wildman–Crippen LogP) is 4.46. The Morgan fingerprint density at radius 1 is 1.00 bits per heavy atom. The molecule has 0 spiro atoms. The molecule has 0 nitrogen and oxygen atoms in total. The van der Waals surface area contributed by atoms with Crippen molar-refractivity contribution in [1.29, 1.82) is 0 Å². The van der Waals surface area contributed by atoms with E-state index < -0.39 is 8.07 Å². The third-order valence-corrected chi connectivity index (χ3v) is 11.2.